The summed E-state index contributed by atoms with van der Waals surface area (Å²) >= 11 is 2.83. The van der Waals surface area contributed by atoms with E-state index in [1.807, 2.05) is 55.6 Å². The van der Waals surface area contributed by atoms with Crippen LogP contribution in [0.4, 0.5) is 5.13 Å². The van der Waals surface area contributed by atoms with E-state index < -0.39 is 0 Å². The maximum Gasteiger partial charge on any atom is 0.266 e. The molecule has 0 fully saturated rings. The van der Waals surface area contributed by atoms with Crippen LogP contribution in [0.5, 0.6) is 0 Å². The SMILES string of the molecule is CC(=O)Nc1nc(CSc2nc3ccccc3c(=O)n2-c2ccc(C)c(C)c2)cs1. The van der Waals surface area contributed by atoms with E-state index in [0.29, 0.717) is 26.9 Å². The fraction of sp³-hybridized carbons (Fsp3) is 0.182. The molecule has 1 N–H and O–H groups in total. The molecule has 0 unspecified atom stereocenters. The molecule has 0 saturated carbocycles. The maximum atomic E-state index is 13.3. The van der Waals surface area contributed by atoms with Crippen LogP contribution in [0, 0.1) is 13.8 Å². The molecule has 0 saturated heterocycles. The van der Waals surface area contributed by atoms with E-state index in [-0.39, 0.29) is 11.5 Å². The molecular formula is C22H20N4O2S2. The lowest BCUT2D eigenvalue weighted by Gasteiger charge is -2.14. The van der Waals surface area contributed by atoms with Crippen molar-refractivity contribution in [3.8, 4) is 5.69 Å². The number of hydrogen-bond donors (Lipinski definition) is 1. The van der Waals surface area contributed by atoms with Crippen LogP contribution in [-0.2, 0) is 10.5 Å². The number of carbonyl (C=O) groups is 1. The van der Waals surface area contributed by atoms with Gasteiger partial charge in [-0.2, -0.15) is 0 Å². The highest BCUT2D eigenvalue weighted by molar-refractivity contribution is 7.98. The number of thiazole rings is 1. The fourth-order valence-corrected chi connectivity index (χ4v) is 4.79. The number of benzene rings is 2. The first-order valence-corrected chi connectivity index (χ1v) is 11.2. The van der Waals surface area contributed by atoms with Crippen molar-refractivity contribution >= 4 is 45.0 Å². The molecule has 4 rings (SSSR count). The molecule has 0 spiro atoms. The third kappa shape index (κ3) is 4.15. The van der Waals surface area contributed by atoms with Crippen molar-refractivity contribution in [1.29, 1.82) is 0 Å². The molecule has 0 atom stereocenters. The average Bonchev–Trinajstić information content (AvgIpc) is 3.15. The fourth-order valence-electron chi connectivity index (χ4n) is 3.02. The Kier molecular flexibility index (Phi) is 5.69. The number of amides is 1. The number of aromatic nitrogens is 3. The number of rotatable bonds is 5. The smallest absolute Gasteiger partial charge is 0.266 e. The molecule has 1 amide bonds. The molecule has 6 nitrogen and oxygen atoms in total. The van der Waals surface area contributed by atoms with Crippen LogP contribution in [0.2, 0.25) is 0 Å². The van der Waals surface area contributed by atoms with Crippen LogP contribution in [-0.4, -0.2) is 20.4 Å². The van der Waals surface area contributed by atoms with Crippen molar-refractivity contribution in [2.45, 2.75) is 31.7 Å². The van der Waals surface area contributed by atoms with Gasteiger partial charge in [0, 0.05) is 18.1 Å². The first-order valence-electron chi connectivity index (χ1n) is 9.36. The topological polar surface area (TPSA) is 76.9 Å². The van der Waals surface area contributed by atoms with E-state index in [1.54, 1.807) is 10.6 Å². The van der Waals surface area contributed by atoms with E-state index in [9.17, 15) is 9.59 Å². The number of thioether (sulfide) groups is 1. The van der Waals surface area contributed by atoms with Gasteiger partial charge < -0.3 is 5.32 Å². The van der Waals surface area contributed by atoms with Crippen LogP contribution in [0.25, 0.3) is 16.6 Å². The molecular weight excluding hydrogens is 416 g/mol. The maximum absolute atomic E-state index is 13.3. The first kappa shape index (κ1) is 20.3. The second-order valence-electron chi connectivity index (χ2n) is 6.93. The minimum absolute atomic E-state index is 0.0939. The first-order chi connectivity index (χ1) is 14.4. The molecule has 0 aliphatic heterocycles. The zero-order valence-electron chi connectivity index (χ0n) is 16.8. The summed E-state index contributed by atoms with van der Waals surface area (Å²) < 4.78 is 1.67. The third-order valence-corrected chi connectivity index (χ3v) is 6.46. The van der Waals surface area contributed by atoms with Gasteiger partial charge in [-0.15, -0.1) is 11.3 Å². The summed E-state index contributed by atoms with van der Waals surface area (Å²) in [6.07, 6.45) is 0. The van der Waals surface area contributed by atoms with E-state index in [2.05, 4.69) is 10.3 Å². The Morgan fingerprint density at radius 1 is 1.13 bits per heavy atom. The zero-order chi connectivity index (χ0) is 21.3. The minimum Gasteiger partial charge on any atom is -0.302 e. The van der Waals surface area contributed by atoms with Gasteiger partial charge >= 0.3 is 0 Å². The summed E-state index contributed by atoms with van der Waals surface area (Å²) in [7, 11) is 0. The predicted molar refractivity (Wildman–Crippen MR) is 123 cm³/mol. The Balaban J connectivity index is 1.75. The van der Waals surface area contributed by atoms with Crippen molar-refractivity contribution in [2.75, 3.05) is 5.32 Å². The van der Waals surface area contributed by atoms with Gasteiger partial charge in [0.15, 0.2) is 10.3 Å². The molecule has 30 heavy (non-hydrogen) atoms. The predicted octanol–water partition coefficient (Wildman–Crippen LogP) is 4.71. The second kappa shape index (κ2) is 8.41. The summed E-state index contributed by atoms with van der Waals surface area (Å²) in [4.78, 5) is 33.7. The summed E-state index contributed by atoms with van der Waals surface area (Å²) in [6.45, 7) is 5.53. The Hall–Kier alpha value is -2.97. The molecule has 2 aromatic heterocycles. The van der Waals surface area contributed by atoms with Gasteiger partial charge in [0.25, 0.3) is 5.56 Å². The molecule has 0 aliphatic rings. The number of carbonyl (C=O) groups excluding carboxylic acids is 1. The monoisotopic (exact) mass is 436 g/mol. The third-order valence-electron chi connectivity index (χ3n) is 4.68. The van der Waals surface area contributed by atoms with E-state index in [0.717, 1.165) is 16.9 Å². The largest absolute Gasteiger partial charge is 0.302 e. The van der Waals surface area contributed by atoms with Gasteiger partial charge in [-0.25, -0.2) is 9.97 Å². The van der Waals surface area contributed by atoms with Crippen LogP contribution < -0.4 is 10.9 Å². The number of nitrogens with one attached hydrogen (secondary N) is 1. The molecule has 152 valence electrons. The number of nitrogens with zero attached hydrogens (tertiary/aromatic N) is 3. The summed E-state index contributed by atoms with van der Waals surface area (Å²) in [6, 6.07) is 13.4. The van der Waals surface area contributed by atoms with Crippen molar-refractivity contribution < 1.29 is 4.79 Å². The summed E-state index contributed by atoms with van der Waals surface area (Å²) in [5.74, 6) is 0.384. The van der Waals surface area contributed by atoms with E-state index in [1.165, 1.54) is 35.6 Å². The standard InChI is InChI=1S/C22H20N4O2S2/c1-13-8-9-17(10-14(13)2)26-20(28)18-6-4-5-7-19(18)25-22(26)30-12-16-11-29-21(24-16)23-15(3)27/h4-11H,12H2,1-3H3,(H,23,24,27). The number of hydrogen-bond acceptors (Lipinski definition) is 6. The summed E-state index contributed by atoms with van der Waals surface area (Å²) in [5, 5.41) is 6.35. The van der Waals surface area contributed by atoms with Gasteiger partial charge in [0.1, 0.15) is 0 Å². The van der Waals surface area contributed by atoms with Gasteiger partial charge in [-0.05, 0) is 49.2 Å². The van der Waals surface area contributed by atoms with E-state index >= 15 is 0 Å². The van der Waals surface area contributed by atoms with Gasteiger partial charge in [0.2, 0.25) is 5.91 Å². The lowest BCUT2D eigenvalue weighted by atomic mass is 10.1. The van der Waals surface area contributed by atoms with Crippen molar-refractivity contribution in [3.05, 3.63) is 75.0 Å². The van der Waals surface area contributed by atoms with Crippen molar-refractivity contribution in [1.82, 2.24) is 14.5 Å². The minimum atomic E-state index is -0.150. The van der Waals surface area contributed by atoms with Crippen molar-refractivity contribution in [3.63, 3.8) is 0 Å². The van der Waals surface area contributed by atoms with E-state index in [4.69, 9.17) is 4.98 Å². The molecule has 4 aromatic rings. The van der Waals surface area contributed by atoms with Gasteiger partial charge in [-0.1, -0.05) is 30.0 Å². The lowest BCUT2D eigenvalue weighted by molar-refractivity contribution is -0.114. The molecule has 8 heteroatoms. The quantitative estimate of drug-likeness (QED) is 0.362. The Bertz CT molecular complexity index is 1310. The van der Waals surface area contributed by atoms with Crippen LogP contribution >= 0.6 is 23.1 Å². The van der Waals surface area contributed by atoms with Crippen molar-refractivity contribution in [2.24, 2.45) is 0 Å². The Morgan fingerprint density at radius 3 is 2.70 bits per heavy atom. The van der Waals surface area contributed by atoms with Crippen LogP contribution in [0.15, 0.2) is 57.8 Å². The number of fused-ring (bicyclic) bond motifs is 1. The van der Waals surface area contributed by atoms with Crippen LogP contribution in [0.3, 0.4) is 0 Å². The molecule has 0 aliphatic carbocycles. The highest BCUT2D eigenvalue weighted by Gasteiger charge is 2.15. The number of anilines is 1. The molecule has 0 bridgehead atoms. The molecule has 2 heterocycles. The van der Waals surface area contributed by atoms with Gasteiger partial charge in [0.05, 0.1) is 22.3 Å². The highest BCUT2D eigenvalue weighted by atomic mass is 32.2. The molecule has 2 aromatic carbocycles. The van der Waals surface area contributed by atoms with Crippen LogP contribution in [0.1, 0.15) is 23.7 Å². The highest BCUT2D eigenvalue weighted by Crippen LogP contribution is 2.27. The zero-order valence-corrected chi connectivity index (χ0v) is 18.4. The lowest BCUT2D eigenvalue weighted by Crippen LogP contribution is -2.22. The Labute approximate surface area is 182 Å². The normalized spacial score (nSPS) is 11.0. The van der Waals surface area contributed by atoms with Gasteiger partial charge in [-0.3, -0.25) is 14.2 Å². The average molecular weight is 437 g/mol. The Morgan fingerprint density at radius 2 is 1.93 bits per heavy atom. The number of para-hydroxylation sites is 1. The number of aryl methyl sites for hydroxylation is 2. The molecule has 0 radical (unpaired) electrons. The second-order valence-corrected chi connectivity index (χ2v) is 8.74. The summed E-state index contributed by atoms with van der Waals surface area (Å²) in [5.41, 5.74) is 4.47.